The van der Waals surface area contributed by atoms with Crippen LogP contribution in [0, 0.1) is 0 Å². The zero-order valence-corrected chi connectivity index (χ0v) is 12.1. The van der Waals surface area contributed by atoms with Crippen LogP contribution >= 0.6 is 0 Å². The fraction of sp³-hybridized carbons (Fsp3) is 0.667. The molecule has 1 heterocycles. The number of nitrogens with two attached hydrogens (primary N) is 1. The lowest BCUT2D eigenvalue weighted by Crippen LogP contribution is -2.33. The maximum atomic E-state index is 5.90. The van der Waals surface area contributed by atoms with Gasteiger partial charge in [0.25, 0.3) is 0 Å². The minimum Gasteiger partial charge on any atom is -0.476 e. The summed E-state index contributed by atoms with van der Waals surface area (Å²) in [7, 11) is 2.12. The zero-order valence-electron chi connectivity index (χ0n) is 12.1. The second-order valence-electron chi connectivity index (χ2n) is 5.32. The molecule has 0 unspecified atom stereocenters. The van der Waals surface area contributed by atoms with Crippen LogP contribution in [0.15, 0.2) is 12.1 Å². The largest absolute Gasteiger partial charge is 0.476 e. The van der Waals surface area contributed by atoms with Crippen molar-refractivity contribution in [1.29, 1.82) is 0 Å². The fourth-order valence-electron chi connectivity index (χ4n) is 2.61. The fourth-order valence-corrected chi connectivity index (χ4v) is 2.61. The molecule has 1 saturated carbocycles. The van der Waals surface area contributed by atoms with Crippen LogP contribution in [0.5, 0.6) is 5.88 Å². The van der Waals surface area contributed by atoms with Gasteiger partial charge in [-0.05, 0) is 31.4 Å². The normalized spacial score (nSPS) is 16.3. The molecule has 0 atom stereocenters. The minimum atomic E-state index is 0.571. The molecule has 4 heteroatoms. The second kappa shape index (κ2) is 6.64. The molecule has 0 bridgehead atoms. The van der Waals surface area contributed by atoms with E-state index in [2.05, 4.69) is 23.9 Å². The van der Waals surface area contributed by atoms with Crippen LogP contribution in [0.1, 0.15) is 45.4 Å². The van der Waals surface area contributed by atoms with Crippen LogP contribution in [0.25, 0.3) is 0 Å². The quantitative estimate of drug-likeness (QED) is 0.886. The van der Waals surface area contributed by atoms with E-state index in [1.54, 1.807) is 0 Å². The smallest absolute Gasteiger partial charge is 0.239 e. The minimum absolute atomic E-state index is 0.571. The maximum Gasteiger partial charge on any atom is 0.239 e. The van der Waals surface area contributed by atoms with E-state index >= 15 is 0 Å². The number of anilines is 2. The average Bonchev–Trinajstić information content (AvgIpc) is 2.46. The molecular formula is C15H25N3O. The van der Waals surface area contributed by atoms with Crippen molar-refractivity contribution in [3.63, 3.8) is 0 Å². The van der Waals surface area contributed by atoms with E-state index in [-0.39, 0.29) is 0 Å². The lowest BCUT2D eigenvalue weighted by atomic mass is 9.94. The number of aromatic nitrogens is 1. The first-order chi connectivity index (χ1) is 9.22. The van der Waals surface area contributed by atoms with Crippen molar-refractivity contribution >= 4 is 11.5 Å². The van der Waals surface area contributed by atoms with Gasteiger partial charge in [0.05, 0.1) is 12.3 Å². The average molecular weight is 263 g/mol. The van der Waals surface area contributed by atoms with Gasteiger partial charge < -0.3 is 15.4 Å². The van der Waals surface area contributed by atoms with Crippen molar-refractivity contribution in [2.24, 2.45) is 0 Å². The summed E-state index contributed by atoms with van der Waals surface area (Å²) in [5, 5.41) is 0. The predicted molar refractivity (Wildman–Crippen MR) is 79.7 cm³/mol. The summed E-state index contributed by atoms with van der Waals surface area (Å²) in [6, 6.07) is 4.49. The Morgan fingerprint density at radius 2 is 2.05 bits per heavy atom. The van der Waals surface area contributed by atoms with Gasteiger partial charge in [0.2, 0.25) is 5.88 Å². The SMILES string of the molecule is CCCOc1nc(N(C)C2CCCCC2)ccc1N. The Bertz CT molecular complexity index is 402. The number of nitrogen functional groups attached to an aromatic ring is 1. The van der Waals surface area contributed by atoms with Gasteiger partial charge in [0, 0.05) is 13.1 Å². The molecule has 1 aliphatic rings. The van der Waals surface area contributed by atoms with E-state index in [9.17, 15) is 0 Å². The third-order valence-corrected chi connectivity index (χ3v) is 3.80. The molecule has 2 rings (SSSR count). The molecule has 1 aromatic rings. The Hall–Kier alpha value is -1.45. The molecule has 1 aromatic heterocycles. The van der Waals surface area contributed by atoms with Crippen molar-refractivity contribution in [2.75, 3.05) is 24.3 Å². The highest BCUT2D eigenvalue weighted by molar-refractivity contribution is 5.54. The van der Waals surface area contributed by atoms with Gasteiger partial charge in [-0.2, -0.15) is 4.98 Å². The molecule has 0 amide bonds. The standard InChI is InChI=1S/C15H25N3O/c1-3-11-19-15-13(16)9-10-14(17-15)18(2)12-7-5-4-6-8-12/h9-10,12H,3-8,11,16H2,1-2H3. The summed E-state index contributed by atoms with van der Waals surface area (Å²) < 4.78 is 5.60. The Labute approximate surface area is 116 Å². The highest BCUT2D eigenvalue weighted by atomic mass is 16.5. The van der Waals surface area contributed by atoms with Crippen molar-refractivity contribution < 1.29 is 4.74 Å². The lowest BCUT2D eigenvalue weighted by Gasteiger charge is -2.32. The van der Waals surface area contributed by atoms with Crippen molar-refractivity contribution in [3.05, 3.63) is 12.1 Å². The van der Waals surface area contributed by atoms with Gasteiger partial charge in [0.1, 0.15) is 5.82 Å². The van der Waals surface area contributed by atoms with Crippen molar-refractivity contribution in [2.45, 2.75) is 51.5 Å². The van der Waals surface area contributed by atoms with Gasteiger partial charge in [-0.1, -0.05) is 26.2 Å². The number of hydrogen-bond acceptors (Lipinski definition) is 4. The monoisotopic (exact) mass is 263 g/mol. The number of rotatable bonds is 5. The Kier molecular flexibility index (Phi) is 4.88. The molecule has 0 saturated heterocycles. The molecule has 2 N–H and O–H groups in total. The van der Waals surface area contributed by atoms with E-state index in [1.807, 2.05) is 12.1 Å². The second-order valence-corrected chi connectivity index (χ2v) is 5.32. The summed E-state index contributed by atoms with van der Waals surface area (Å²) in [4.78, 5) is 6.84. The van der Waals surface area contributed by atoms with Crippen molar-refractivity contribution in [1.82, 2.24) is 4.98 Å². The summed E-state index contributed by atoms with van der Waals surface area (Å²) in [5.41, 5.74) is 6.52. The van der Waals surface area contributed by atoms with Gasteiger partial charge >= 0.3 is 0 Å². The van der Waals surface area contributed by atoms with Crippen LogP contribution in [0.2, 0.25) is 0 Å². The molecule has 0 spiro atoms. The molecule has 0 aromatic carbocycles. The molecule has 0 radical (unpaired) electrons. The van der Waals surface area contributed by atoms with Crippen LogP contribution in [0.4, 0.5) is 11.5 Å². The van der Waals surface area contributed by atoms with Crippen molar-refractivity contribution in [3.8, 4) is 5.88 Å². The van der Waals surface area contributed by atoms with Crippen LogP contribution in [-0.4, -0.2) is 24.7 Å². The number of nitrogens with zero attached hydrogens (tertiary/aromatic N) is 2. The molecular weight excluding hydrogens is 238 g/mol. The first-order valence-electron chi connectivity index (χ1n) is 7.34. The van der Waals surface area contributed by atoms with E-state index in [4.69, 9.17) is 10.5 Å². The van der Waals surface area contributed by atoms with Gasteiger partial charge in [-0.25, -0.2) is 0 Å². The highest BCUT2D eigenvalue weighted by Gasteiger charge is 2.19. The molecule has 106 valence electrons. The van der Waals surface area contributed by atoms with E-state index < -0.39 is 0 Å². The van der Waals surface area contributed by atoms with E-state index in [0.29, 0.717) is 24.2 Å². The molecule has 1 fully saturated rings. The first kappa shape index (κ1) is 14.0. The number of pyridine rings is 1. The van der Waals surface area contributed by atoms with Gasteiger partial charge in [0.15, 0.2) is 0 Å². The van der Waals surface area contributed by atoms with Crippen LogP contribution < -0.4 is 15.4 Å². The first-order valence-corrected chi connectivity index (χ1v) is 7.34. The Morgan fingerprint density at radius 1 is 1.32 bits per heavy atom. The third-order valence-electron chi connectivity index (χ3n) is 3.80. The van der Waals surface area contributed by atoms with E-state index in [0.717, 1.165) is 12.2 Å². The summed E-state index contributed by atoms with van der Waals surface area (Å²) >= 11 is 0. The van der Waals surface area contributed by atoms with Gasteiger partial charge in [-0.3, -0.25) is 0 Å². The lowest BCUT2D eigenvalue weighted by molar-refractivity contribution is 0.307. The summed E-state index contributed by atoms with van der Waals surface area (Å²) in [6.07, 6.45) is 7.49. The number of hydrogen-bond donors (Lipinski definition) is 1. The topological polar surface area (TPSA) is 51.4 Å². The predicted octanol–water partition coefficient (Wildman–Crippen LogP) is 3.22. The number of ether oxygens (including phenoxy) is 1. The molecule has 1 aliphatic carbocycles. The van der Waals surface area contributed by atoms with E-state index in [1.165, 1.54) is 32.1 Å². The highest BCUT2D eigenvalue weighted by Crippen LogP contribution is 2.28. The Morgan fingerprint density at radius 3 is 2.74 bits per heavy atom. The third kappa shape index (κ3) is 3.52. The summed E-state index contributed by atoms with van der Waals surface area (Å²) in [6.45, 7) is 2.74. The summed E-state index contributed by atoms with van der Waals surface area (Å²) in [5.74, 6) is 1.54. The Balaban J connectivity index is 2.10. The van der Waals surface area contributed by atoms with Crippen LogP contribution in [-0.2, 0) is 0 Å². The molecule has 0 aliphatic heterocycles. The van der Waals surface area contributed by atoms with Gasteiger partial charge in [-0.15, -0.1) is 0 Å². The van der Waals surface area contributed by atoms with Crippen LogP contribution in [0.3, 0.4) is 0 Å². The zero-order chi connectivity index (χ0) is 13.7. The molecule has 4 nitrogen and oxygen atoms in total. The molecule has 19 heavy (non-hydrogen) atoms. The maximum absolute atomic E-state index is 5.90.